The van der Waals surface area contributed by atoms with Crippen molar-refractivity contribution in [2.24, 2.45) is 5.92 Å². The summed E-state index contributed by atoms with van der Waals surface area (Å²) < 4.78 is 74.8. The standard InChI is InChI=1S/C24H23F3N4O5S/c1-24(7-8-37(33,34)13-24)29-22(32)15-10-18-21(35-12-15)20(14-3-2-4-17(9-14)36-23(26)27)30-31(18)19-6-5-16(25)11-28-19/h2-6,9,11,15,23H,7-8,10,12-13H2,1H3,(H,29,32)/t15?,24-/m0/s1. The molecule has 1 saturated heterocycles. The number of ether oxygens (including phenoxy) is 2. The summed E-state index contributed by atoms with van der Waals surface area (Å²) in [6.45, 7) is -1.31. The molecule has 13 heteroatoms. The van der Waals surface area contributed by atoms with Crippen LogP contribution < -0.4 is 14.8 Å². The molecule has 0 saturated carbocycles. The number of pyridine rings is 1. The zero-order valence-corrected chi connectivity index (χ0v) is 20.5. The molecule has 5 rings (SSSR count). The zero-order valence-electron chi connectivity index (χ0n) is 19.7. The average Bonchev–Trinajstić information content (AvgIpc) is 3.35. The number of fused-ring (bicyclic) bond motifs is 1. The van der Waals surface area contributed by atoms with Crippen LogP contribution in [0.25, 0.3) is 17.1 Å². The van der Waals surface area contributed by atoms with Gasteiger partial charge in [0.2, 0.25) is 5.91 Å². The fraction of sp³-hybridized carbons (Fsp3) is 0.375. The third-order valence-electron chi connectivity index (χ3n) is 6.36. The van der Waals surface area contributed by atoms with Crippen LogP contribution in [0.5, 0.6) is 11.5 Å². The lowest BCUT2D eigenvalue weighted by Gasteiger charge is -2.29. The maximum Gasteiger partial charge on any atom is 0.387 e. The first kappa shape index (κ1) is 25.1. The second-order valence-corrected chi connectivity index (χ2v) is 11.6. The highest BCUT2D eigenvalue weighted by molar-refractivity contribution is 7.91. The van der Waals surface area contributed by atoms with Crippen molar-refractivity contribution in [3.05, 3.63) is 54.1 Å². The maximum absolute atomic E-state index is 13.5. The van der Waals surface area contributed by atoms with Crippen LogP contribution >= 0.6 is 0 Å². The van der Waals surface area contributed by atoms with Crippen LogP contribution in [0.3, 0.4) is 0 Å². The van der Waals surface area contributed by atoms with Crippen molar-refractivity contribution in [1.82, 2.24) is 20.1 Å². The largest absolute Gasteiger partial charge is 0.488 e. The molecule has 2 atom stereocenters. The molecule has 0 radical (unpaired) electrons. The van der Waals surface area contributed by atoms with Crippen LogP contribution in [-0.2, 0) is 21.1 Å². The van der Waals surface area contributed by atoms with Gasteiger partial charge in [0.05, 0.1) is 34.9 Å². The van der Waals surface area contributed by atoms with E-state index in [4.69, 9.17) is 4.74 Å². The summed E-state index contributed by atoms with van der Waals surface area (Å²) in [7, 11) is -3.22. The SMILES string of the molecule is C[C@]1(NC(=O)C2COc3c(-c4cccc(OC(F)F)c4)nn(-c4ccc(F)cn4)c3C2)CCS(=O)(=O)C1. The number of sulfone groups is 1. The highest BCUT2D eigenvalue weighted by atomic mass is 32.2. The van der Waals surface area contributed by atoms with Crippen LogP contribution in [0.1, 0.15) is 19.0 Å². The van der Waals surface area contributed by atoms with Gasteiger partial charge in [-0.25, -0.2) is 22.5 Å². The number of aromatic nitrogens is 3. The first-order valence-corrected chi connectivity index (χ1v) is 13.3. The Bertz CT molecular complexity index is 1450. The van der Waals surface area contributed by atoms with Gasteiger partial charge in [0.25, 0.3) is 0 Å². The van der Waals surface area contributed by atoms with Crippen molar-refractivity contribution in [3.63, 3.8) is 0 Å². The average molecular weight is 537 g/mol. The Balaban J connectivity index is 1.49. The van der Waals surface area contributed by atoms with Crippen LogP contribution in [0, 0.1) is 11.7 Å². The van der Waals surface area contributed by atoms with Gasteiger partial charge in [-0.2, -0.15) is 13.9 Å². The van der Waals surface area contributed by atoms with Crippen molar-refractivity contribution < 1.29 is 35.9 Å². The monoisotopic (exact) mass is 536 g/mol. The number of benzene rings is 1. The summed E-state index contributed by atoms with van der Waals surface area (Å²) >= 11 is 0. The number of carbonyl (C=O) groups excluding carboxylic acids is 1. The molecule has 2 aliphatic rings. The van der Waals surface area contributed by atoms with Crippen molar-refractivity contribution in [1.29, 1.82) is 0 Å². The van der Waals surface area contributed by atoms with Gasteiger partial charge in [0, 0.05) is 12.0 Å². The number of amides is 1. The first-order valence-electron chi connectivity index (χ1n) is 11.5. The third-order valence-corrected chi connectivity index (χ3v) is 8.27. The summed E-state index contributed by atoms with van der Waals surface area (Å²) in [5, 5.41) is 7.43. The Kier molecular flexibility index (Phi) is 6.34. The second-order valence-electron chi connectivity index (χ2n) is 9.38. The number of nitrogens with one attached hydrogen (secondary N) is 1. The lowest BCUT2D eigenvalue weighted by Crippen LogP contribution is -2.51. The number of halogens is 3. The molecule has 0 bridgehead atoms. The van der Waals surface area contributed by atoms with Crippen molar-refractivity contribution in [2.45, 2.75) is 31.9 Å². The summed E-state index contributed by atoms with van der Waals surface area (Å²) in [4.78, 5) is 17.2. The third kappa shape index (κ3) is 5.26. The van der Waals surface area contributed by atoms with Gasteiger partial charge in [-0.3, -0.25) is 4.79 Å². The predicted octanol–water partition coefficient (Wildman–Crippen LogP) is 2.92. The Hall–Kier alpha value is -3.61. The van der Waals surface area contributed by atoms with Gasteiger partial charge < -0.3 is 14.8 Å². The lowest BCUT2D eigenvalue weighted by molar-refractivity contribution is -0.127. The normalized spacial score (nSPS) is 22.4. The lowest BCUT2D eigenvalue weighted by atomic mass is 9.95. The van der Waals surface area contributed by atoms with Crippen molar-refractivity contribution in [2.75, 3.05) is 18.1 Å². The number of carbonyl (C=O) groups is 1. The van der Waals surface area contributed by atoms with Crippen LogP contribution in [0.2, 0.25) is 0 Å². The minimum atomic E-state index is -3.22. The molecular weight excluding hydrogens is 513 g/mol. The first-order chi connectivity index (χ1) is 17.5. The van der Waals surface area contributed by atoms with Gasteiger partial charge >= 0.3 is 6.61 Å². The van der Waals surface area contributed by atoms with Crippen molar-refractivity contribution >= 4 is 15.7 Å². The van der Waals surface area contributed by atoms with Crippen LogP contribution in [-0.4, -0.2) is 59.4 Å². The van der Waals surface area contributed by atoms with E-state index in [0.717, 1.165) is 6.20 Å². The van der Waals surface area contributed by atoms with Gasteiger partial charge in [-0.15, -0.1) is 0 Å². The van der Waals surface area contributed by atoms with E-state index in [9.17, 15) is 26.4 Å². The van der Waals surface area contributed by atoms with E-state index in [0.29, 0.717) is 29.1 Å². The molecule has 37 heavy (non-hydrogen) atoms. The van der Waals surface area contributed by atoms with E-state index in [-0.39, 0.29) is 42.0 Å². The van der Waals surface area contributed by atoms with E-state index in [2.05, 4.69) is 20.1 Å². The maximum atomic E-state index is 13.5. The van der Waals surface area contributed by atoms with Gasteiger partial charge in [-0.05, 0) is 37.6 Å². The Labute approximate surface area is 210 Å². The van der Waals surface area contributed by atoms with Crippen LogP contribution in [0.4, 0.5) is 13.2 Å². The summed E-state index contributed by atoms with van der Waals surface area (Å²) in [5.74, 6) is -1.16. The molecule has 1 fully saturated rings. The number of alkyl halides is 2. The van der Waals surface area contributed by atoms with E-state index in [1.165, 1.54) is 35.0 Å². The fourth-order valence-corrected chi connectivity index (χ4v) is 6.71. The zero-order chi connectivity index (χ0) is 26.4. The minimum absolute atomic E-state index is 0.00950. The molecule has 1 unspecified atom stereocenters. The van der Waals surface area contributed by atoms with Crippen LogP contribution in [0.15, 0.2) is 42.6 Å². The number of nitrogens with zero attached hydrogens (tertiary/aromatic N) is 3. The Morgan fingerprint density at radius 1 is 1.30 bits per heavy atom. The highest BCUT2D eigenvalue weighted by Crippen LogP contribution is 2.39. The molecule has 4 heterocycles. The molecule has 2 aromatic heterocycles. The molecule has 3 aromatic rings. The molecule has 1 N–H and O–H groups in total. The quantitative estimate of drug-likeness (QED) is 0.516. The van der Waals surface area contributed by atoms with Gasteiger partial charge in [-0.1, -0.05) is 12.1 Å². The molecule has 2 aliphatic heterocycles. The molecule has 196 valence electrons. The molecule has 1 aromatic carbocycles. The van der Waals surface area contributed by atoms with E-state index in [1.54, 1.807) is 13.0 Å². The molecule has 0 aliphatic carbocycles. The summed E-state index contributed by atoms with van der Waals surface area (Å²) in [6, 6.07) is 8.57. The van der Waals surface area contributed by atoms with Gasteiger partial charge in [0.15, 0.2) is 21.4 Å². The minimum Gasteiger partial charge on any atom is -0.488 e. The van der Waals surface area contributed by atoms with Gasteiger partial charge in [0.1, 0.15) is 23.9 Å². The smallest absolute Gasteiger partial charge is 0.387 e. The molecule has 9 nitrogen and oxygen atoms in total. The highest BCUT2D eigenvalue weighted by Gasteiger charge is 2.42. The number of hydrogen-bond acceptors (Lipinski definition) is 7. The summed E-state index contributed by atoms with van der Waals surface area (Å²) in [5.41, 5.74) is 0.353. The van der Waals surface area contributed by atoms with Crippen molar-refractivity contribution in [3.8, 4) is 28.6 Å². The fourth-order valence-electron chi connectivity index (χ4n) is 4.61. The van der Waals surface area contributed by atoms with E-state index >= 15 is 0 Å². The van der Waals surface area contributed by atoms with E-state index < -0.39 is 33.7 Å². The predicted molar refractivity (Wildman–Crippen MR) is 126 cm³/mol. The molecule has 1 amide bonds. The molecule has 0 spiro atoms. The Morgan fingerprint density at radius 2 is 2.11 bits per heavy atom. The Morgan fingerprint density at radius 3 is 2.78 bits per heavy atom. The summed E-state index contributed by atoms with van der Waals surface area (Å²) in [6.07, 6.45) is 1.51. The topological polar surface area (TPSA) is 112 Å². The second kappa shape index (κ2) is 9.36. The number of rotatable bonds is 6. The number of hydrogen-bond donors (Lipinski definition) is 1. The molecular formula is C24H23F3N4O5S. The van der Waals surface area contributed by atoms with E-state index in [1.807, 2.05) is 0 Å².